The predicted molar refractivity (Wildman–Crippen MR) is 133 cm³/mol. The van der Waals surface area contributed by atoms with Crippen molar-refractivity contribution in [3.63, 3.8) is 0 Å². The van der Waals surface area contributed by atoms with Crippen LogP contribution in [-0.4, -0.2) is 56.0 Å². The summed E-state index contributed by atoms with van der Waals surface area (Å²) in [7, 11) is 3.73. The van der Waals surface area contributed by atoms with E-state index in [0.717, 1.165) is 59.4 Å². The summed E-state index contributed by atoms with van der Waals surface area (Å²) in [6.45, 7) is 5.27. The van der Waals surface area contributed by atoms with Crippen molar-refractivity contribution >= 4 is 33.2 Å². The van der Waals surface area contributed by atoms with Gasteiger partial charge in [-0.25, -0.2) is 0 Å². The van der Waals surface area contributed by atoms with Crippen molar-refractivity contribution in [3.05, 3.63) is 72.5 Å². The highest BCUT2D eigenvalue weighted by atomic mass is 16.5. The summed E-state index contributed by atoms with van der Waals surface area (Å²) >= 11 is 0. The molecule has 0 spiro atoms. The fraction of sp³-hybridized carbons (Fsp3) is 0.250. The molecule has 1 amide bonds. The van der Waals surface area contributed by atoms with E-state index in [0.29, 0.717) is 5.75 Å². The number of piperazine rings is 1. The molecule has 5 heteroatoms. The molecule has 1 aliphatic heterocycles. The molecule has 1 saturated heterocycles. The van der Waals surface area contributed by atoms with E-state index in [1.165, 1.54) is 10.8 Å². The van der Waals surface area contributed by atoms with Gasteiger partial charge >= 0.3 is 0 Å². The lowest BCUT2D eigenvalue weighted by molar-refractivity contribution is -0.127. The van der Waals surface area contributed by atoms with Crippen LogP contribution in [0, 0.1) is 0 Å². The first-order valence-corrected chi connectivity index (χ1v) is 11.3. The number of nitrogens with zero attached hydrogens (tertiary/aromatic N) is 2. The molecule has 0 N–H and O–H groups in total. The van der Waals surface area contributed by atoms with Gasteiger partial charge in [-0.05, 0) is 41.9 Å². The van der Waals surface area contributed by atoms with Crippen molar-refractivity contribution in [2.75, 3.05) is 40.3 Å². The Labute approximate surface area is 193 Å². The van der Waals surface area contributed by atoms with Crippen LogP contribution in [0.1, 0.15) is 12.5 Å². The molecule has 0 bridgehead atoms. The SMILES string of the molecule is COc1cc2occ(-c3cccc4ccccc34)c2cc1/C(C)=C/C(=O)N1CCN(C)CC1. The highest BCUT2D eigenvalue weighted by Gasteiger charge is 2.19. The second-order valence-electron chi connectivity index (χ2n) is 8.68. The molecular weight excluding hydrogens is 412 g/mol. The number of allylic oxidation sites excluding steroid dienone is 1. The number of methoxy groups -OCH3 is 1. The van der Waals surface area contributed by atoms with Crippen LogP contribution in [0.2, 0.25) is 0 Å². The van der Waals surface area contributed by atoms with E-state index < -0.39 is 0 Å². The topological polar surface area (TPSA) is 45.9 Å². The van der Waals surface area contributed by atoms with Gasteiger partial charge in [-0.15, -0.1) is 0 Å². The summed E-state index contributed by atoms with van der Waals surface area (Å²) in [4.78, 5) is 17.1. The number of hydrogen-bond donors (Lipinski definition) is 0. The normalized spacial score (nSPS) is 15.4. The van der Waals surface area contributed by atoms with E-state index >= 15 is 0 Å². The predicted octanol–water partition coefficient (Wildman–Crippen LogP) is 5.44. The van der Waals surface area contributed by atoms with E-state index in [1.54, 1.807) is 13.2 Å². The lowest BCUT2D eigenvalue weighted by atomic mass is 9.96. The Morgan fingerprint density at radius 3 is 2.52 bits per heavy atom. The molecule has 1 aromatic heterocycles. The third kappa shape index (κ3) is 4.00. The van der Waals surface area contributed by atoms with E-state index in [9.17, 15) is 4.79 Å². The minimum atomic E-state index is 0.0456. The maximum atomic E-state index is 12.9. The van der Waals surface area contributed by atoms with Crippen LogP contribution >= 0.6 is 0 Å². The van der Waals surface area contributed by atoms with E-state index in [1.807, 2.05) is 30.2 Å². The molecule has 0 aliphatic carbocycles. The monoisotopic (exact) mass is 440 g/mol. The van der Waals surface area contributed by atoms with Crippen LogP contribution in [0.4, 0.5) is 0 Å². The Morgan fingerprint density at radius 1 is 0.970 bits per heavy atom. The second-order valence-corrected chi connectivity index (χ2v) is 8.68. The highest BCUT2D eigenvalue weighted by molar-refractivity contribution is 6.06. The summed E-state index contributed by atoms with van der Waals surface area (Å²) in [5, 5.41) is 3.37. The standard InChI is InChI=1S/C28H28N2O3/c1-19(15-28(31)30-13-11-29(2)12-14-30)23-16-24-25(18-33-27(24)17-26(23)32-3)22-10-6-8-20-7-4-5-9-21(20)22/h4-10,15-18H,11-14H2,1-3H3/b19-15+. The zero-order chi connectivity index (χ0) is 22.9. The first-order valence-electron chi connectivity index (χ1n) is 11.3. The van der Waals surface area contributed by atoms with Gasteiger partial charge in [0.05, 0.1) is 13.4 Å². The van der Waals surface area contributed by atoms with Crippen molar-refractivity contribution in [1.82, 2.24) is 9.80 Å². The Kier molecular flexibility index (Phi) is 5.65. The number of ether oxygens (including phenoxy) is 1. The lowest BCUT2D eigenvalue weighted by Crippen LogP contribution is -2.46. The van der Waals surface area contributed by atoms with Crippen LogP contribution in [0.15, 0.2) is 71.4 Å². The summed E-state index contributed by atoms with van der Waals surface area (Å²) < 4.78 is 11.6. The zero-order valence-electron chi connectivity index (χ0n) is 19.3. The average Bonchev–Trinajstić information content (AvgIpc) is 3.25. The van der Waals surface area contributed by atoms with Gasteiger partial charge in [0.25, 0.3) is 0 Å². The highest BCUT2D eigenvalue weighted by Crippen LogP contribution is 2.39. The van der Waals surface area contributed by atoms with Gasteiger partial charge in [-0.1, -0.05) is 42.5 Å². The molecule has 4 aromatic rings. The maximum absolute atomic E-state index is 12.9. The number of likely N-dealkylation sites (N-methyl/N-ethyl adjacent to an activating group) is 1. The van der Waals surface area contributed by atoms with Crippen LogP contribution in [0.25, 0.3) is 38.4 Å². The first-order chi connectivity index (χ1) is 16.0. The number of rotatable bonds is 4. The number of carbonyl (C=O) groups is 1. The van der Waals surface area contributed by atoms with Gasteiger partial charge in [0.1, 0.15) is 11.3 Å². The smallest absolute Gasteiger partial charge is 0.246 e. The number of carbonyl (C=O) groups excluding carboxylic acids is 1. The van der Waals surface area contributed by atoms with Crippen LogP contribution in [0.3, 0.4) is 0 Å². The molecule has 1 aliphatic rings. The molecule has 0 atom stereocenters. The molecule has 3 aromatic carbocycles. The Balaban J connectivity index is 1.57. The fourth-order valence-corrected chi connectivity index (χ4v) is 4.58. The minimum absolute atomic E-state index is 0.0456. The Morgan fingerprint density at radius 2 is 1.73 bits per heavy atom. The Hall–Kier alpha value is -3.57. The molecule has 2 heterocycles. The molecule has 0 radical (unpaired) electrons. The Bertz CT molecular complexity index is 1360. The van der Waals surface area contributed by atoms with Crippen LogP contribution in [0.5, 0.6) is 5.75 Å². The largest absolute Gasteiger partial charge is 0.496 e. The molecular formula is C28H28N2O3. The number of amides is 1. The quantitative estimate of drug-likeness (QED) is 0.397. The molecule has 5 nitrogen and oxygen atoms in total. The minimum Gasteiger partial charge on any atom is -0.496 e. The van der Waals surface area contributed by atoms with E-state index in [-0.39, 0.29) is 5.91 Å². The van der Waals surface area contributed by atoms with Gasteiger partial charge in [0.2, 0.25) is 5.91 Å². The maximum Gasteiger partial charge on any atom is 0.246 e. The fourth-order valence-electron chi connectivity index (χ4n) is 4.58. The molecule has 0 saturated carbocycles. The van der Waals surface area contributed by atoms with Crippen molar-refractivity contribution < 1.29 is 13.9 Å². The van der Waals surface area contributed by atoms with Crippen molar-refractivity contribution in [2.24, 2.45) is 0 Å². The van der Waals surface area contributed by atoms with Gasteiger partial charge in [0, 0.05) is 54.8 Å². The molecule has 33 heavy (non-hydrogen) atoms. The number of fused-ring (bicyclic) bond motifs is 2. The molecule has 1 fully saturated rings. The van der Waals surface area contributed by atoms with Gasteiger partial charge in [0.15, 0.2) is 0 Å². The van der Waals surface area contributed by atoms with Gasteiger partial charge < -0.3 is 19.0 Å². The summed E-state index contributed by atoms with van der Waals surface area (Å²) in [6, 6.07) is 18.7. The summed E-state index contributed by atoms with van der Waals surface area (Å²) in [6.07, 6.45) is 3.54. The molecule has 5 rings (SSSR count). The second kappa shape index (κ2) is 8.75. The molecule has 168 valence electrons. The lowest BCUT2D eigenvalue weighted by Gasteiger charge is -2.31. The molecule has 0 unspecified atom stereocenters. The third-order valence-corrected chi connectivity index (χ3v) is 6.56. The third-order valence-electron chi connectivity index (χ3n) is 6.56. The van der Waals surface area contributed by atoms with Crippen LogP contribution < -0.4 is 4.74 Å². The summed E-state index contributed by atoms with van der Waals surface area (Å²) in [5.41, 5.74) is 4.69. The van der Waals surface area contributed by atoms with Gasteiger partial charge in [-0.2, -0.15) is 0 Å². The van der Waals surface area contributed by atoms with Gasteiger partial charge in [-0.3, -0.25) is 4.79 Å². The van der Waals surface area contributed by atoms with E-state index in [2.05, 4.69) is 54.4 Å². The number of hydrogen-bond acceptors (Lipinski definition) is 4. The zero-order valence-corrected chi connectivity index (χ0v) is 19.3. The number of benzene rings is 3. The average molecular weight is 441 g/mol. The first kappa shape index (κ1) is 21.3. The van der Waals surface area contributed by atoms with Crippen molar-refractivity contribution in [3.8, 4) is 16.9 Å². The summed E-state index contributed by atoms with van der Waals surface area (Å²) in [5.74, 6) is 0.741. The van der Waals surface area contributed by atoms with Crippen LogP contribution in [-0.2, 0) is 4.79 Å². The van der Waals surface area contributed by atoms with Crippen molar-refractivity contribution in [2.45, 2.75) is 6.92 Å². The van der Waals surface area contributed by atoms with E-state index in [4.69, 9.17) is 9.15 Å². The van der Waals surface area contributed by atoms with Crippen molar-refractivity contribution in [1.29, 1.82) is 0 Å². The number of furan rings is 1.